The topological polar surface area (TPSA) is 96.2 Å². The number of hydrogen-bond acceptors (Lipinski definition) is 5. The van der Waals surface area contributed by atoms with Crippen LogP contribution in [-0.4, -0.2) is 64.4 Å². The first-order valence-electron chi connectivity index (χ1n) is 13.2. The molecule has 0 unspecified atom stereocenters. The second kappa shape index (κ2) is 12.4. The molecule has 2 aromatic rings. The summed E-state index contributed by atoms with van der Waals surface area (Å²) in [5, 5.41) is 0. The number of nitrogens with zero attached hydrogens (tertiary/aromatic N) is 3. The lowest BCUT2D eigenvalue weighted by Gasteiger charge is -2.52. The molecule has 2 saturated heterocycles. The maximum Gasteiger partial charge on any atom is 0.416 e. The highest BCUT2D eigenvalue weighted by atomic mass is 19.4. The Morgan fingerprint density at radius 2 is 1.85 bits per heavy atom. The number of hydrogen-bond donors (Lipinski definition) is 1. The molecule has 2 aliphatic rings. The third-order valence-corrected chi connectivity index (χ3v) is 7.21. The molecule has 4 rings (SSSR count). The van der Waals surface area contributed by atoms with Gasteiger partial charge in [-0.05, 0) is 68.6 Å². The molecular formula is C28H31F5N4O4. The zero-order chi connectivity index (χ0) is 29.9. The zero-order valence-corrected chi connectivity index (χ0v) is 22.4. The van der Waals surface area contributed by atoms with Crippen molar-refractivity contribution in [3.05, 3.63) is 70.3 Å². The molecule has 8 nitrogen and oxygen atoms in total. The van der Waals surface area contributed by atoms with Crippen LogP contribution in [0.25, 0.3) is 0 Å². The van der Waals surface area contributed by atoms with Crippen molar-refractivity contribution < 1.29 is 41.1 Å². The molecule has 0 bridgehead atoms. The van der Waals surface area contributed by atoms with Gasteiger partial charge in [0.1, 0.15) is 30.4 Å². The molecule has 222 valence electrons. The quantitative estimate of drug-likeness (QED) is 0.369. The molecule has 41 heavy (non-hydrogen) atoms. The molecule has 2 aromatic carbocycles. The van der Waals surface area contributed by atoms with E-state index in [-0.39, 0.29) is 49.5 Å². The minimum atomic E-state index is -4.57. The minimum absolute atomic E-state index is 0.0493. The van der Waals surface area contributed by atoms with Crippen LogP contribution < -0.4 is 5.73 Å². The molecule has 13 heteroatoms. The highest BCUT2D eigenvalue weighted by molar-refractivity contribution is 5.90. The first-order valence-corrected chi connectivity index (χ1v) is 13.2. The van der Waals surface area contributed by atoms with Gasteiger partial charge in [-0.15, -0.1) is 0 Å². The predicted octanol–water partition coefficient (Wildman–Crippen LogP) is 4.33. The standard InChI is InChI=1S/C28H31F5N4O4/c1-17-10-18(12-20(11-17)28(31,32)33)16-41-27(40)36-9-7-25(38)37-23(4-2-3-8-34)26(39)35(15-24(36)37)14-19-13-21(29)5-6-22(19)30/h5-6,10-13,23-24H,2-4,7-9,14-16,34H2,1H3/t23-,24+/m0/s1. The van der Waals surface area contributed by atoms with Crippen LogP contribution in [0.1, 0.15) is 47.9 Å². The van der Waals surface area contributed by atoms with Crippen LogP contribution in [0.4, 0.5) is 26.7 Å². The summed E-state index contributed by atoms with van der Waals surface area (Å²) in [6.07, 6.45) is -5.18. The smallest absolute Gasteiger partial charge is 0.416 e. The Hall–Kier alpha value is -3.74. The number of carbonyl (C=O) groups is 3. The van der Waals surface area contributed by atoms with E-state index in [0.29, 0.717) is 24.9 Å². The Morgan fingerprint density at radius 3 is 2.56 bits per heavy atom. The van der Waals surface area contributed by atoms with Crippen LogP contribution in [-0.2, 0) is 33.7 Å². The number of unbranched alkanes of at least 4 members (excludes halogenated alkanes) is 1. The molecule has 0 aliphatic carbocycles. The van der Waals surface area contributed by atoms with E-state index in [4.69, 9.17) is 10.5 Å². The monoisotopic (exact) mass is 582 g/mol. The fourth-order valence-corrected chi connectivity index (χ4v) is 5.30. The fraction of sp³-hybridized carbons (Fsp3) is 0.464. The number of rotatable bonds is 8. The molecule has 2 fully saturated rings. The lowest BCUT2D eigenvalue weighted by molar-refractivity contribution is -0.169. The Labute approximate surface area is 233 Å². The van der Waals surface area contributed by atoms with Crippen LogP contribution in [0.5, 0.6) is 0 Å². The van der Waals surface area contributed by atoms with Crippen molar-refractivity contribution in [1.29, 1.82) is 0 Å². The van der Waals surface area contributed by atoms with E-state index in [1.807, 2.05) is 0 Å². The Morgan fingerprint density at radius 1 is 1.10 bits per heavy atom. The van der Waals surface area contributed by atoms with Gasteiger partial charge in [-0.2, -0.15) is 13.2 Å². The van der Waals surface area contributed by atoms with Gasteiger partial charge in [0.2, 0.25) is 11.8 Å². The van der Waals surface area contributed by atoms with Gasteiger partial charge in [0.15, 0.2) is 0 Å². The molecule has 2 aliphatic heterocycles. The van der Waals surface area contributed by atoms with Gasteiger partial charge in [0, 0.05) is 25.1 Å². The van der Waals surface area contributed by atoms with Gasteiger partial charge in [-0.25, -0.2) is 13.6 Å². The Balaban J connectivity index is 1.58. The van der Waals surface area contributed by atoms with Crippen LogP contribution in [0, 0.1) is 18.6 Å². The number of nitrogens with two attached hydrogens (primary N) is 1. The number of piperazine rings is 1. The summed E-state index contributed by atoms with van der Waals surface area (Å²) in [6, 6.07) is 5.27. The molecule has 2 heterocycles. The van der Waals surface area contributed by atoms with Crippen molar-refractivity contribution in [2.45, 2.75) is 64.1 Å². The van der Waals surface area contributed by atoms with Gasteiger partial charge in [-0.1, -0.05) is 11.6 Å². The largest absolute Gasteiger partial charge is 0.444 e. The summed E-state index contributed by atoms with van der Waals surface area (Å²) in [7, 11) is 0. The van der Waals surface area contributed by atoms with Crippen LogP contribution in [0.2, 0.25) is 0 Å². The third-order valence-electron chi connectivity index (χ3n) is 7.21. The van der Waals surface area contributed by atoms with Gasteiger partial charge >= 0.3 is 12.3 Å². The minimum Gasteiger partial charge on any atom is -0.444 e. The zero-order valence-electron chi connectivity index (χ0n) is 22.4. The second-order valence-electron chi connectivity index (χ2n) is 10.2. The molecular weight excluding hydrogens is 551 g/mol. The van der Waals surface area contributed by atoms with Gasteiger partial charge < -0.3 is 20.3 Å². The van der Waals surface area contributed by atoms with Crippen molar-refractivity contribution >= 4 is 17.9 Å². The summed E-state index contributed by atoms with van der Waals surface area (Å²) in [6.45, 7) is 0.884. The summed E-state index contributed by atoms with van der Waals surface area (Å²) >= 11 is 0. The number of alkyl halides is 3. The van der Waals surface area contributed by atoms with E-state index >= 15 is 0 Å². The van der Waals surface area contributed by atoms with E-state index in [2.05, 4.69) is 0 Å². The Kier molecular flexibility index (Phi) is 9.15. The SMILES string of the molecule is Cc1cc(COC(=O)N2CCC(=O)N3[C@@H]2CN(Cc2cc(F)ccc2F)C(=O)[C@@H]3CCCCN)cc(C(F)(F)F)c1. The molecule has 3 amide bonds. The summed E-state index contributed by atoms with van der Waals surface area (Å²) < 4.78 is 73.4. The van der Waals surface area contributed by atoms with Gasteiger partial charge in [-0.3, -0.25) is 14.5 Å². The molecule has 0 saturated carbocycles. The number of carbonyl (C=O) groups excluding carboxylic acids is 3. The van der Waals surface area contributed by atoms with E-state index in [1.54, 1.807) is 0 Å². The van der Waals surface area contributed by atoms with Crippen molar-refractivity contribution in [1.82, 2.24) is 14.7 Å². The lowest BCUT2D eigenvalue weighted by atomic mass is 9.98. The van der Waals surface area contributed by atoms with Crippen molar-refractivity contribution in [2.24, 2.45) is 5.73 Å². The van der Waals surface area contributed by atoms with E-state index in [9.17, 15) is 36.3 Å². The van der Waals surface area contributed by atoms with Gasteiger partial charge in [0.25, 0.3) is 0 Å². The van der Waals surface area contributed by atoms with Crippen LogP contribution in [0.3, 0.4) is 0 Å². The third kappa shape index (κ3) is 6.95. The predicted molar refractivity (Wildman–Crippen MR) is 137 cm³/mol. The molecule has 2 N–H and O–H groups in total. The average Bonchev–Trinajstić information content (AvgIpc) is 2.90. The number of benzene rings is 2. The van der Waals surface area contributed by atoms with Crippen molar-refractivity contribution in [2.75, 3.05) is 19.6 Å². The average molecular weight is 583 g/mol. The molecule has 0 radical (unpaired) electrons. The maximum atomic E-state index is 14.5. The van der Waals surface area contributed by atoms with Crippen LogP contribution in [0.15, 0.2) is 36.4 Å². The summed E-state index contributed by atoms with van der Waals surface area (Å²) in [5.41, 5.74) is 5.14. The van der Waals surface area contributed by atoms with Crippen LogP contribution >= 0.6 is 0 Å². The summed E-state index contributed by atoms with van der Waals surface area (Å²) in [4.78, 5) is 43.6. The number of ether oxygens (including phenoxy) is 1. The summed E-state index contributed by atoms with van der Waals surface area (Å²) in [5.74, 6) is -2.22. The second-order valence-corrected chi connectivity index (χ2v) is 10.2. The molecule has 0 aromatic heterocycles. The number of aryl methyl sites for hydroxylation is 1. The normalized spacial score (nSPS) is 19.4. The number of amides is 3. The maximum absolute atomic E-state index is 14.5. The van der Waals surface area contributed by atoms with Crippen molar-refractivity contribution in [3.63, 3.8) is 0 Å². The van der Waals surface area contributed by atoms with E-state index in [1.165, 1.54) is 27.7 Å². The lowest BCUT2D eigenvalue weighted by Crippen LogP contribution is -2.71. The highest BCUT2D eigenvalue weighted by Gasteiger charge is 2.49. The van der Waals surface area contributed by atoms with Gasteiger partial charge in [0.05, 0.1) is 12.1 Å². The highest BCUT2D eigenvalue weighted by Crippen LogP contribution is 2.32. The molecule has 0 spiro atoms. The number of halogens is 5. The Bertz CT molecular complexity index is 1300. The molecule has 2 atom stereocenters. The number of fused-ring (bicyclic) bond motifs is 1. The first-order chi connectivity index (χ1) is 19.4. The van der Waals surface area contributed by atoms with E-state index in [0.717, 1.165) is 30.3 Å². The first kappa shape index (κ1) is 30.2. The van der Waals surface area contributed by atoms with Crippen molar-refractivity contribution in [3.8, 4) is 0 Å². The van der Waals surface area contributed by atoms with E-state index < -0.39 is 54.2 Å². The fourth-order valence-electron chi connectivity index (χ4n) is 5.30.